The van der Waals surface area contributed by atoms with Crippen LogP contribution in [0.15, 0.2) is 132 Å². The van der Waals surface area contributed by atoms with Crippen LogP contribution < -0.4 is 5.56 Å². The average molecular weight is 424 g/mol. The fourth-order valence-corrected chi connectivity index (χ4v) is 4.58. The summed E-state index contributed by atoms with van der Waals surface area (Å²) in [5.41, 5.74) is 6.36. The summed E-state index contributed by atoms with van der Waals surface area (Å²) in [5.74, 6) is 0. The topological polar surface area (TPSA) is 22.0 Å². The Hall–Kier alpha value is -4.43. The number of hydrogen-bond acceptors (Lipinski definition) is 1. The van der Waals surface area contributed by atoms with Gasteiger partial charge in [0.05, 0.1) is 5.52 Å². The number of pyridine rings is 1. The van der Waals surface area contributed by atoms with Gasteiger partial charge in [0.1, 0.15) is 0 Å². The van der Waals surface area contributed by atoms with Crippen LogP contribution in [-0.4, -0.2) is 4.57 Å². The Balaban J connectivity index is 1.60. The second-order valence-corrected chi connectivity index (χ2v) is 8.20. The van der Waals surface area contributed by atoms with Gasteiger partial charge in [-0.05, 0) is 58.0 Å². The van der Waals surface area contributed by atoms with Crippen molar-refractivity contribution in [2.45, 2.75) is 0 Å². The van der Waals surface area contributed by atoms with E-state index in [0.29, 0.717) is 0 Å². The first-order valence-electron chi connectivity index (χ1n) is 11.1. The van der Waals surface area contributed by atoms with Crippen LogP contribution in [0, 0.1) is 0 Å². The van der Waals surface area contributed by atoms with Gasteiger partial charge in [0.25, 0.3) is 5.56 Å². The maximum Gasteiger partial charge on any atom is 0.263 e. The first kappa shape index (κ1) is 19.3. The van der Waals surface area contributed by atoms with Gasteiger partial charge in [-0.15, -0.1) is 0 Å². The van der Waals surface area contributed by atoms with Crippen molar-refractivity contribution in [3.63, 3.8) is 0 Å². The van der Waals surface area contributed by atoms with Gasteiger partial charge < -0.3 is 0 Å². The normalized spacial score (nSPS) is 11.2. The molecule has 0 atom stereocenters. The zero-order chi connectivity index (χ0) is 22.2. The van der Waals surface area contributed by atoms with E-state index < -0.39 is 0 Å². The highest BCUT2D eigenvalue weighted by Gasteiger charge is 2.13. The first-order chi connectivity index (χ1) is 16.3. The second-order valence-electron chi connectivity index (χ2n) is 8.20. The number of fused-ring (bicyclic) bond motifs is 3. The van der Waals surface area contributed by atoms with E-state index in [1.54, 1.807) is 0 Å². The Kier molecular flexibility index (Phi) is 4.63. The fraction of sp³-hybridized carbons (Fsp3) is 0. The van der Waals surface area contributed by atoms with E-state index in [1.165, 1.54) is 0 Å². The van der Waals surface area contributed by atoms with Crippen LogP contribution in [0.1, 0.15) is 0 Å². The van der Waals surface area contributed by atoms with Gasteiger partial charge in [0.15, 0.2) is 0 Å². The standard InChI is InChI=1S/C31H21NO/c33-31-28-14-8-7-13-27(28)29-21-25(23-11-5-2-6-12-23)17-20-30(29)32(31)26-18-15-24(16-19-26)22-9-3-1-4-10-22/h1-21H. The molecule has 0 bridgehead atoms. The maximum atomic E-state index is 13.6. The fourth-order valence-electron chi connectivity index (χ4n) is 4.58. The van der Waals surface area contributed by atoms with Crippen molar-refractivity contribution in [3.8, 4) is 27.9 Å². The third kappa shape index (κ3) is 3.33. The lowest BCUT2D eigenvalue weighted by molar-refractivity contribution is 1.06. The molecule has 0 amide bonds. The van der Waals surface area contributed by atoms with Crippen molar-refractivity contribution >= 4 is 21.7 Å². The van der Waals surface area contributed by atoms with E-state index in [2.05, 4.69) is 54.6 Å². The van der Waals surface area contributed by atoms with Gasteiger partial charge in [0.2, 0.25) is 0 Å². The summed E-state index contributed by atoms with van der Waals surface area (Å²) in [4.78, 5) is 13.6. The summed E-state index contributed by atoms with van der Waals surface area (Å²) >= 11 is 0. The zero-order valence-corrected chi connectivity index (χ0v) is 18.0. The molecule has 0 fully saturated rings. The van der Waals surface area contributed by atoms with Gasteiger partial charge in [-0.25, -0.2) is 0 Å². The minimum absolute atomic E-state index is 0.00183. The summed E-state index contributed by atoms with van der Waals surface area (Å²) in [6.07, 6.45) is 0. The van der Waals surface area contributed by atoms with Gasteiger partial charge in [-0.3, -0.25) is 9.36 Å². The number of hydrogen-bond donors (Lipinski definition) is 0. The summed E-state index contributed by atoms with van der Waals surface area (Å²) in [6, 6.07) is 43.1. The van der Waals surface area contributed by atoms with Gasteiger partial charge in [-0.1, -0.05) is 97.1 Å². The highest BCUT2D eigenvalue weighted by Crippen LogP contribution is 2.30. The van der Waals surface area contributed by atoms with Crippen molar-refractivity contribution in [2.24, 2.45) is 0 Å². The Morgan fingerprint density at radius 3 is 1.61 bits per heavy atom. The molecule has 2 nitrogen and oxygen atoms in total. The van der Waals surface area contributed by atoms with Crippen LogP contribution in [-0.2, 0) is 0 Å². The molecule has 0 spiro atoms. The molecule has 0 saturated heterocycles. The van der Waals surface area contributed by atoms with Gasteiger partial charge in [-0.2, -0.15) is 0 Å². The third-order valence-electron chi connectivity index (χ3n) is 6.23. The Labute approximate surface area is 192 Å². The van der Waals surface area contributed by atoms with Crippen LogP contribution in [0.4, 0.5) is 0 Å². The molecule has 33 heavy (non-hydrogen) atoms. The number of aromatic nitrogens is 1. The van der Waals surface area contributed by atoms with Gasteiger partial charge >= 0.3 is 0 Å². The van der Waals surface area contributed by atoms with Crippen LogP contribution in [0.25, 0.3) is 49.6 Å². The lowest BCUT2D eigenvalue weighted by atomic mass is 9.99. The molecular formula is C31H21NO. The predicted octanol–water partition coefficient (Wildman–Crippen LogP) is 7.48. The quantitative estimate of drug-likeness (QED) is 0.271. The maximum absolute atomic E-state index is 13.6. The predicted molar refractivity (Wildman–Crippen MR) is 138 cm³/mol. The first-order valence-corrected chi connectivity index (χ1v) is 11.1. The molecule has 0 radical (unpaired) electrons. The smallest absolute Gasteiger partial charge is 0.263 e. The van der Waals surface area contributed by atoms with Crippen LogP contribution in [0.2, 0.25) is 0 Å². The number of nitrogens with zero attached hydrogens (tertiary/aromatic N) is 1. The number of benzene rings is 5. The highest BCUT2D eigenvalue weighted by molar-refractivity contribution is 6.07. The Bertz CT molecular complexity index is 1650. The lowest BCUT2D eigenvalue weighted by Gasteiger charge is -2.15. The molecule has 5 aromatic carbocycles. The molecule has 0 aliphatic rings. The Morgan fingerprint density at radius 1 is 0.424 bits per heavy atom. The zero-order valence-electron chi connectivity index (χ0n) is 18.0. The number of rotatable bonds is 3. The van der Waals surface area contributed by atoms with Crippen molar-refractivity contribution in [2.75, 3.05) is 0 Å². The molecule has 0 N–H and O–H groups in total. The molecule has 6 rings (SSSR count). The molecule has 1 heterocycles. The molecule has 1 aromatic heterocycles. The summed E-state index contributed by atoms with van der Waals surface area (Å²) < 4.78 is 1.83. The average Bonchev–Trinajstić information content (AvgIpc) is 2.90. The lowest BCUT2D eigenvalue weighted by Crippen LogP contribution is -2.19. The highest BCUT2D eigenvalue weighted by atomic mass is 16.1. The van der Waals surface area contributed by atoms with E-state index in [-0.39, 0.29) is 5.56 Å². The van der Waals surface area contributed by atoms with Crippen molar-refractivity contribution < 1.29 is 0 Å². The van der Waals surface area contributed by atoms with E-state index in [1.807, 2.05) is 77.4 Å². The molecule has 156 valence electrons. The molecular weight excluding hydrogens is 402 g/mol. The third-order valence-corrected chi connectivity index (χ3v) is 6.23. The SMILES string of the molecule is O=c1c2ccccc2c2cc(-c3ccccc3)ccc2n1-c1ccc(-c2ccccc2)cc1. The van der Waals surface area contributed by atoms with Gasteiger partial charge in [0, 0.05) is 16.5 Å². The van der Waals surface area contributed by atoms with Crippen molar-refractivity contribution in [1.29, 1.82) is 0 Å². The minimum atomic E-state index is -0.00183. The molecule has 2 heteroatoms. The monoisotopic (exact) mass is 423 g/mol. The Morgan fingerprint density at radius 2 is 0.939 bits per heavy atom. The van der Waals surface area contributed by atoms with Crippen molar-refractivity contribution in [3.05, 3.63) is 138 Å². The minimum Gasteiger partial charge on any atom is -0.276 e. The molecule has 0 saturated carbocycles. The molecule has 0 unspecified atom stereocenters. The van der Waals surface area contributed by atoms with E-state index >= 15 is 0 Å². The molecule has 0 aliphatic heterocycles. The van der Waals surface area contributed by atoms with Crippen LogP contribution in [0.5, 0.6) is 0 Å². The molecule has 0 aliphatic carbocycles. The summed E-state index contributed by atoms with van der Waals surface area (Å²) in [6.45, 7) is 0. The van der Waals surface area contributed by atoms with Crippen LogP contribution in [0.3, 0.4) is 0 Å². The van der Waals surface area contributed by atoms with E-state index in [0.717, 1.165) is 49.6 Å². The summed E-state index contributed by atoms with van der Waals surface area (Å²) in [5, 5.41) is 2.77. The van der Waals surface area contributed by atoms with E-state index in [4.69, 9.17) is 0 Å². The second kappa shape index (κ2) is 7.92. The largest absolute Gasteiger partial charge is 0.276 e. The van der Waals surface area contributed by atoms with Crippen LogP contribution >= 0.6 is 0 Å². The van der Waals surface area contributed by atoms with Crippen molar-refractivity contribution in [1.82, 2.24) is 4.57 Å². The van der Waals surface area contributed by atoms with E-state index in [9.17, 15) is 4.79 Å². The summed E-state index contributed by atoms with van der Waals surface area (Å²) in [7, 11) is 0. The molecule has 6 aromatic rings.